The third-order valence-electron chi connectivity index (χ3n) is 5.00. The molecule has 2 unspecified atom stereocenters. The molecular weight excluding hydrogens is 282 g/mol. The Labute approximate surface area is 130 Å². The van der Waals surface area contributed by atoms with E-state index in [-0.39, 0.29) is 17.9 Å². The number of Topliss-reactive ketones (excluding diaryl/α,β-unsaturated/α-hetero) is 1. The van der Waals surface area contributed by atoms with E-state index in [1.807, 2.05) is 11.0 Å². The first-order valence-corrected chi connectivity index (χ1v) is 8.80. The molecule has 0 spiro atoms. The van der Waals surface area contributed by atoms with Crippen LogP contribution >= 0.6 is 11.3 Å². The number of aryl methyl sites for hydroxylation is 2. The highest BCUT2D eigenvalue weighted by Crippen LogP contribution is 2.34. The number of hydrogen-bond acceptors (Lipinski definition) is 3. The van der Waals surface area contributed by atoms with E-state index in [1.54, 1.807) is 11.3 Å². The summed E-state index contributed by atoms with van der Waals surface area (Å²) in [4.78, 5) is 29.0. The van der Waals surface area contributed by atoms with Gasteiger partial charge in [-0.1, -0.05) is 6.42 Å². The van der Waals surface area contributed by atoms with Crippen LogP contribution in [0.15, 0.2) is 6.07 Å². The van der Waals surface area contributed by atoms with Gasteiger partial charge in [0, 0.05) is 29.8 Å². The van der Waals surface area contributed by atoms with Crippen molar-refractivity contribution < 1.29 is 9.59 Å². The molecule has 0 N–H and O–H groups in total. The van der Waals surface area contributed by atoms with E-state index >= 15 is 0 Å². The lowest BCUT2D eigenvalue weighted by atomic mass is 9.82. The second kappa shape index (κ2) is 5.91. The largest absolute Gasteiger partial charge is 0.334 e. The fourth-order valence-corrected chi connectivity index (χ4v) is 4.69. The van der Waals surface area contributed by atoms with Gasteiger partial charge in [-0.2, -0.15) is 0 Å². The van der Waals surface area contributed by atoms with Crippen LogP contribution in [0.25, 0.3) is 0 Å². The van der Waals surface area contributed by atoms with Gasteiger partial charge in [0.05, 0.1) is 4.88 Å². The van der Waals surface area contributed by atoms with Crippen LogP contribution in [0.3, 0.4) is 0 Å². The number of rotatable bonds is 2. The predicted octanol–water partition coefficient (Wildman–Crippen LogP) is 3.73. The Bertz CT molecular complexity index is 544. The number of likely N-dealkylation sites (tertiary alicyclic amines) is 1. The number of ketones is 1. The van der Waals surface area contributed by atoms with Gasteiger partial charge in [0.25, 0.3) is 5.91 Å². The first-order chi connectivity index (χ1) is 10.1. The Hall–Kier alpha value is -1.16. The van der Waals surface area contributed by atoms with Crippen molar-refractivity contribution in [1.29, 1.82) is 0 Å². The van der Waals surface area contributed by atoms with Gasteiger partial charge in [0.2, 0.25) is 0 Å². The molecule has 1 aromatic heterocycles. The molecule has 2 heterocycles. The molecule has 1 aliphatic heterocycles. The summed E-state index contributed by atoms with van der Waals surface area (Å²) in [7, 11) is 0. The smallest absolute Gasteiger partial charge is 0.264 e. The molecule has 3 rings (SSSR count). The zero-order valence-corrected chi connectivity index (χ0v) is 13.7. The Kier molecular flexibility index (Phi) is 4.16. The van der Waals surface area contributed by atoms with Crippen LogP contribution in [0, 0.1) is 19.8 Å². The van der Waals surface area contributed by atoms with E-state index in [4.69, 9.17) is 0 Å². The van der Waals surface area contributed by atoms with Crippen LogP contribution in [0.5, 0.6) is 0 Å². The van der Waals surface area contributed by atoms with Crippen molar-refractivity contribution in [2.24, 2.45) is 5.92 Å². The summed E-state index contributed by atoms with van der Waals surface area (Å²) in [6, 6.07) is 2.15. The van der Waals surface area contributed by atoms with Gasteiger partial charge in [-0.05, 0) is 51.2 Å². The monoisotopic (exact) mass is 305 g/mol. The molecule has 114 valence electrons. The molecule has 3 nitrogen and oxygen atoms in total. The van der Waals surface area contributed by atoms with Crippen molar-refractivity contribution in [1.82, 2.24) is 4.90 Å². The SMILES string of the molecule is Cc1cc(C(=O)N2CCCC2C2CCCCC2=O)sc1C. The van der Waals surface area contributed by atoms with Crippen LogP contribution in [0.2, 0.25) is 0 Å². The third kappa shape index (κ3) is 2.78. The number of carbonyl (C=O) groups excluding carboxylic acids is 2. The van der Waals surface area contributed by atoms with Crippen molar-refractivity contribution in [3.8, 4) is 0 Å². The predicted molar refractivity (Wildman–Crippen MR) is 84.8 cm³/mol. The van der Waals surface area contributed by atoms with Gasteiger partial charge >= 0.3 is 0 Å². The number of nitrogens with zero attached hydrogens (tertiary/aromatic N) is 1. The van der Waals surface area contributed by atoms with Crippen molar-refractivity contribution >= 4 is 23.0 Å². The molecule has 1 aliphatic carbocycles. The lowest BCUT2D eigenvalue weighted by Crippen LogP contribution is -2.43. The Balaban J connectivity index is 1.80. The van der Waals surface area contributed by atoms with Crippen LogP contribution in [0.1, 0.15) is 58.6 Å². The summed E-state index contributed by atoms with van der Waals surface area (Å²) < 4.78 is 0. The summed E-state index contributed by atoms with van der Waals surface area (Å²) >= 11 is 1.58. The maximum absolute atomic E-state index is 12.8. The van der Waals surface area contributed by atoms with Gasteiger partial charge in [-0.25, -0.2) is 0 Å². The van der Waals surface area contributed by atoms with E-state index < -0.39 is 0 Å². The molecule has 21 heavy (non-hydrogen) atoms. The highest BCUT2D eigenvalue weighted by molar-refractivity contribution is 7.14. The molecule has 0 radical (unpaired) electrons. The summed E-state index contributed by atoms with van der Waals surface area (Å²) in [6.45, 7) is 4.92. The number of thiophene rings is 1. The maximum atomic E-state index is 12.8. The Morgan fingerprint density at radius 2 is 2.05 bits per heavy atom. The second-order valence-electron chi connectivity index (χ2n) is 6.38. The molecular formula is C17H23NO2S. The van der Waals surface area contributed by atoms with Crippen molar-refractivity contribution in [3.63, 3.8) is 0 Å². The zero-order chi connectivity index (χ0) is 15.0. The lowest BCUT2D eigenvalue weighted by Gasteiger charge is -2.32. The normalized spacial score (nSPS) is 26.4. The molecule has 1 saturated carbocycles. The average Bonchev–Trinajstić information content (AvgIpc) is 3.06. The fraction of sp³-hybridized carbons (Fsp3) is 0.647. The third-order valence-corrected chi connectivity index (χ3v) is 6.14. The molecule has 1 amide bonds. The first kappa shape index (κ1) is 14.8. The topological polar surface area (TPSA) is 37.4 Å². The Morgan fingerprint density at radius 1 is 1.24 bits per heavy atom. The Morgan fingerprint density at radius 3 is 2.71 bits per heavy atom. The van der Waals surface area contributed by atoms with Gasteiger partial charge in [0.15, 0.2) is 0 Å². The van der Waals surface area contributed by atoms with Gasteiger partial charge in [0.1, 0.15) is 5.78 Å². The van der Waals surface area contributed by atoms with E-state index in [1.165, 1.54) is 10.4 Å². The van der Waals surface area contributed by atoms with Crippen LogP contribution in [-0.4, -0.2) is 29.2 Å². The first-order valence-electron chi connectivity index (χ1n) is 7.98. The summed E-state index contributed by atoms with van der Waals surface area (Å²) in [5.41, 5.74) is 1.19. The standard InChI is InChI=1S/C17H23NO2S/c1-11-10-16(21-12(11)2)17(20)18-9-5-7-14(18)13-6-3-4-8-15(13)19/h10,13-14H,3-9H2,1-2H3. The van der Waals surface area contributed by atoms with Gasteiger partial charge in [-0.3, -0.25) is 9.59 Å². The summed E-state index contributed by atoms with van der Waals surface area (Å²) in [5.74, 6) is 0.605. The molecule has 0 aromatic carbocycles. The molecule has 2 fully saturated rings. The highest BCUT2D eigenvalue weighted by Gasteiger charge is 2.39. The highest BCUT2D eigenvalue weighted by atomic mass is 32.1. The molecule has 2 atom stereocenters. The molecule has 1 aromatic rings. The maximum Gasteiger partial charge on any atom is 0.264 e. The van der Waals surface area contributed by atoms with E-state index in [2.05, 4.69) is 13.8 Å². The molecule has 4 heteroatoms. The van der Waals surface area contributed by atoms with Crippen molar-refractivity contribution in [3.05, 3.63) is 21.4 Å². The lowest BCUT2D eigenvalue weighted by molar-refractivity contribution is -0.126. The fourth-order valence-electron chi connectivity index (χ4n) is 3.70. The number of amides is 1. The number of carbonyl (C=O) groups is 2. The second-order valence-corrected chi connectivity index (χ2v) is 7.63. The molecule has 1 saturated heterocycles. The van der Waals surface area contributed by atoms with Gasteiger partial charge in [-0.15, -0.1) is 11.3 Å². The van der Waals surface area contributed by atoms with E-state index in [0.717, 1.165) is 43.5 Å². The van der Waals surface area contributed by atoms with Crippen molar-refractivity contribution in [2.45, 2.75) is 58.4 Å². The minimum atomic E-state index is 0.0901. The van der Waals surface area contributed by atoms with E-state index in [0.29, 0.717) is 12.2 Å². The molecule has 2 aliphatic rings. The quantitative estimate of drug-likeness (QED) is 0.835. The van der Waals surface area contributed by atoms with Crippen LogP contribution in [-0.2, 0) is 4.79 Å². The van der Waals surface area contributed by atoms with E-state index in [9.17, 15) is 9.59 Å². The molecule has 0 bridgehead atoms. The summed E-state index contributed by atoms with van der Waals surface area (Å²) in [6.07, 6.45) is 5.86. The summed E-state index contributed by atoms with van der Waals surface area (Å²) in [5, 5.41) is 0. The minimum absolute atomic E-state index is 0.0901. The van der Waals surface area contributed by atoms with Gasteiger partial charge < -0.3 is 4.90 Å². The van der Waals surface area contributed by atoms with Crippen molar-refractivity contribution in [2.75, 3.05) is 6.54 Å². The average molecular weight is 305 g/mol. The minimum Gasteiger partial charge on any atom is -0.334 e. The van der Waals surface area contributed by atoms with Crippen LogP contribution in [0.4, 0.5) is 0 Å². The number of hydrogen-bond donors (Lipinski definition) is 0. The zero-order valence-electron chi connectivity index (χ0n) is 12.9. The van der Waals surface area contributed by atoms with Crippen LogP contribution < -0.4 is 0 Å².